The molecule has 2 N–H and O–H groups in total. The fraction of sp³-hybridized carbons (Fsp3) is 0.0714. The molecule has 0 aliphatic heterocycles. The van der Waals surface area contributed by atoms with Gasteiger partial charge < -0.3 is 4.74 Å². The smallest absolute Gasteiger partial charge is 0.339 e. The quantitative estimate of drug-likeness (QED) is 0.833. The summed E-state index contributed by atoms with van der Waals surface area (Å²) in [5.41, 5.74) is 1.08. The van der Waals surface area contributed by atoms with E-state index in [1.165, 1.54) is 11.4 Å². The summed E-state index contributed by atoms with van der Waals surface area (Å²) in [6.07, 6.45) is 3.46. The Hall–Kier alpha value is -1.67. The Morgan fingerprint density at radius 3 is 2.59 bits per heavy atom. The van der Waals surface area contributed by atoms with Crippen LogP contribution in [0, 0.1) is 0 Å². The van der Waals surface area contributed by atoms with Gasteiger partial charge >= 0.3 is 5.97 Å². The number of esters is 1. The van der Waals surface area contributed by atoms with Crippen molar-refractivity contribution >= 4 is 45.0 Å². The lowest BCUT2D eigenvalue weighted by Gasteiger charge is -1.99. The molecule has 0 aliphatic carbocycles. The van der Waals surface area contributed by atoms with Gasteiger partial charge in [0.15, 0.2) is 0 Å². The second-order valence-corrected chi connectivity index (χ2v) is 7.39. The van der Waals surface area contributed by atoms with E-state index in [-0.39, 0.29) is 16.4 Å². The van der Waals surface area contributed by atoms with Crippen LogP contribution in [0.15, 0.2) is 46.0 Å². The number of benzene rings is 1. The van der Waals surface area contributed by atoms with Gasteiger partial charge in [-0.2, -0.15) is 0 Å². The standard InChI is InChI=1S/C14H12ClNO4S2/c15-12-5-3-10(4-6-12)2-1-7-20-14(17)11-8-13(21-9-11)22(16,18)19/h1-6,8-9H,7H2,(H2,16,18,19)/b2-1+. The first-order valence-electron chi connectivity index (χ1n) is 6.07. The number of carbonyl (C=O) groups is 1. The third-order valence-electron chi connectivity index (χ3n) is 2.58. The second-order valence-electron chi connectivity index (χ2n) is 4.25. The molecular formula is C14H12ClNO4S2. The van der Waals surface area contributed by atoms with Crippen LogP contribution in [0.25, 0.3) is 6.08 Å². The van der Waals surface area contributed by atoms with Crippen molar-refractivity contribution in [3.05, 3.63) is 57.9 Å². The Morgan fingerprint density at radius 1 is 1.32 bits per heavy atom. The first-order chi connectivity index (χ1) is 10.4. The van der Waals surface area contributed by atoms with Crippen molar-refractivity contribution in [2.24, 2.45) is 5.14 Å². The summed E-state index contributed by atoms with van der Waals surface area (Å²) in [6.45, 7) is 0.0714. The van der Waals surface area contributed by atoms with Gasteiger partial charge in [0.25, 0.3) is 0 Å². The van der Waals surface area contributed by atoms with Gasteiger partial charge in [-0.25, -0.2) is 18.4 Å². The lowest BCUT2D eigenvalue weighted by Crippen LogP contribution is -2.10. The van der Waals surface area contributed by atoms with Crippen LogP contribution in [-0.4, -0.2) is 21.0 Å². The van der Waals surface area contributed by atoms with E-state index in [9.17, 15) is 13.2 Å². The molecule has 0 spiro atoms. The van der Waals surface area contributed by atoms with Gasteiger partial charge in [0.05, 0.1) is 5.56 Å². The van der Waals surface area contributed by atoms with Gasteiger partial charge in [0.1, 0.15) is 10.8 Å². The summed E-state index contributed by atoms with van der Waals surface area (Å²) in [4.78, 5) is 11.7. The topological polar surface area (TPSA) is 86.5 Å². The Bertz CT molecular complexity index is 795. The van der Waals surface area contributed by atoms with Gasteiger partial charge in [-0.3, -0.25) is 0 Å². The number of hydrogen-bond acceptors (Lipinski definition) is 5. The predicted octanol–water partition coefficient (Wildman–Crippen LogP) is 2.92. The van der Waals surface area contributed by atoms with Gasteiger partial charge in [0.2, 0.25) is 10.0 Å². The number of sulfonamides is 1. The number of carbonyl (C=O) groups excluding carboxylic acids is 1. The van der Waals surface area contributed by atoms with E-state index in [2.05, 4.69) is 0 Å². The van der Waals surface area contributed by atoms with E-state index in [0.717, 1.165) is 16.9 Å². The molecule has 8 heteroatoms. The molecule has 1 aromatic carbocycles. The van der Waals surface area contributed by atoms with E-state index in [1.54, 1.807) is 24.3 Å². The van der Waals surface area contributed by atoms with Crippen LogP contribution in [0.2, 0.25) is 5.02 Å². The summed E-state index contributed by atoms with van der Waals surface area (Å²) in [5, 5.41) is 7.02. The van der Waals surface area contributed by atoms with Gasteiger partial charge in [-0.15, -0.1) is 11.3 Å². The molecule has 0 amide bonds. The summed E-state index contributed by atoms with van der Waals surface area (Å²) in [5.74, 6) is -0.605. The molecule has 2 aromatic rings. The highest BCUT2D eigenvalue weighted by molar-refractivity contribution is 7.91. The summed E-state index contributed by atoms with van der Waals surface area (Å²) in [7, 11) is -3.79. The van der Waals surface area contributed by atoms with Crippen molar-refractivity contribution in [3.63, 3.8) is 0 Å². The molecule has 0 unspecified atom stereocenters. The average Bonchev–Trinajstić information content (AvgIpc) is 2.95. The molecule has 0 aliphatic rings. The molecule has 5 nitrogen and oxygen atoms in total. The zero-order chi connectivity index (χ0) is 16.2. The molecular weight excluding hydrogens is 346 g/mol. The van der Waals surface area contributed by atoms with Crippen LogP contribution in [0.3, 0.4) is 0 Å². The maximum absolute atomic E-state index is 11.7. The lowest BCUT2D eigenvalue weighted by molar-refractivity contribution is 0.0550. The Balaban J connectivity index is 1.90. The van der Waals surface area contributed by atoms with Crippen LogP contribution in [0.1, 0.15) is 15.9 Å². The van der Waals surface area contributed by atoms with Gasteiger partial charge in [-0.05, 0) is 29.8 Å². The molecule has 22 heavy (non-hydrogen) atoms. The maximum Gasteiger partial charge on any atom is 0.339 e. The number of primary sulfonamides is 1. The largest absolute Gasteiger partial charge is 0.458 e. The van der Waals surface area contributed by atoms with Crippen molar-refractivity contribution in [2.75, 3.05) is 6.61 Å². The van der Waals surface area contributed by atoms with Crippen LogP contribution >= 0.6 is 22.9 Å². The summed E-state index contributed by atoms with van der Waals surface area (Å²) < 4.78 is 27.2. The first-order valence-corrected chi connectivity index (χ1v) is 8.87. The normalized spacial score (nSPS) is 11.7. The number of ether oxygens (including phenoxy) is 1. The van der Waals surface area contributed by atoms with E-state index in [0.29, 0.717) is 5.02 Å². The number of hydrogen-bond donors (Lipinski definition) is 1. The Labute approximate surface area is 137 Å². The number of rotatable bonds is 5. The SMILES string of the molecule is NS(=O)(=O)c1cc(C(=O)OC/C=C/c2ccc(Cl)cc2)cs1. The third-order valence-corrected chi connectivity index (χ3v) is 5.22. The molecule has 0 saturated heterocycles. The van der Waals surface area contributed by atoms with Crippen molar-refractivity contribution in [3.8, 4) is 0 Å². The van der Waals surface area contributed by atoms with Crippen molar-refractivity contribution in [1.29, 1.82) is 0 Å². The van der Waals surface area contributed by atoms with Gasteiger partial charge in [-0.1, -0.05) is 29.8 Å². The zero-order valence-electron chi connectivity index (χ0n) is 11.2. The minimum atomic E-state index is -3.79. The van der Waals surface area contributed by atoms with E-state index in [1.807, 2.05) is 12.1 Å². The molecule has 0 saturated carbocycles. The van der Waals surface area contributed by atoms with Gasteiger partial charge in [0, 0.05) is 10.4 Å². The van der Waals surface area contributed by atoms with Crippen LogP contribution in [-0.2, 0) is 14.8 Å². The highest BCUT2D eigenvalue weighted by atomic mass is 35.5. The molecule has 1 aromatic heterocycles. The predicted molar refractivity (Wildman–Crippen MR) is 86.5 cm³/mol. The second kappa shape index (κ2) is 7.06. The number of nitrogens with two attached hydrogens (primary N) is 1. The van der Waals surface area contributed by atoms with Crippen LogP contribution < -0.4 is 5.14 Å². The van der Waals surface area contributed by atoms with Crippen molar-refractivity contribution < 1.29 is 17.9 Å². The molecule has 116 valence electrons. The van der Waals surface area contributed by atoms with Crippen molar-refractivity contribution in [1.82, 2.24) is 0 Å². The number of thiophene rings is 1. The lowest BCUT2D eigenvalue weighted by atomic mass is 10.2. The number of halogens is 1. The highest BCUT2D eigenvalue weighted by Gasteiger charge is 2.15. The fourth-order valence-electron chi connectivity index (χ4n) is 1.54. The molecule has 1 heterocycles. The minimum absolute atomic E-state index is 0.0714. The highest BCUT2D eigenvalue weighted by Crippen LogP contribution is 2.19. The first kappa shape index (κ1) is 16.7. The zero-order valence-corrected chi connectivity index (χ0v) is 13.6. The molecule has 2 rings (SSSR count). The third kappa shape index (κ3) is 4.67. The average molecular weight is 358 g/mol. The maximum atomic E-state index is 11.7. The van der Waals surface area contributed by atoms with E-state index >= 15 is 0 Å². The van der Waals surface area contributed by atoms with Crippen molar-refractivity contribution in [2.45, 2.75) is 4.21 Å². The van der Waals surface area contributed by atoms with E-state index in [4.69, 9.17) is 21.5 Å². The summed E-state index contributed by atoms with van der Waals surface area (Å²) in [6, 6.07) is 8.38. The molecule has 0 radical (unpaired) electrons. The molecule has 0 bridgehead atoms. The monoisotopic (exact) mass is 357 g/mol. The Kier molecular flexibility index (Phi) is 5.36. The van der Waals surface area contributed by atoms with Crippen LogP contribution in [0.5, 0.6) is 0 Å². The Morgan fingerprint density at radius 2 is 2.00 bits per heavy atom. The molecule has 0 atom stereocenters. The summed E-state index contributed by atoms with van der Waals surface area (Å²) >= 11 is 6.65. The minimum Gasteiger partial charge on any atom is -0.458 e. The van der Waals surface area contributed by atoms with E-state index < -0.39 is 16.0 Å². The van der Waals surface area contributed by atoms with Crippen LogP contribution in [0.4, 0.5) is 0 Å². The molecule has 0 fully saturated rings. The fourth-order valence-corrected chi connectivity index (χ4v) is 3.24.